The summed E-state index contributed by atoms with van der Waals surface area (Å²) in [6.45, 7) is 0. The van der Waals surface area contributed by atoms with Gasteiger partial charge >= 0.3 is 0 Å². The molecule has 136 valence electrons. The van der Waals surface area contributed by atoms with E-state index in [0.717, 1.165) is 11.1 Å². The Hall–Kier alpha value is -4.14. The van der Waals surface area contributed by atoms with Crippen molar-refractivity contribution in [3.63, 3.8) is 0 Å². The Bertz CT molecular complexity index is 879. The molecule has 2 aromatic carbocycles. The summed E-state index contributed by atoms with van der Waals surface area (Å²) in [5, 5.41) is 26.6. The Morgan fingerprint density at radius 2 is 1.15 bits per heavy atom. The molecule has 27 heavy (non-hydrogen) atoms. The van der Waals surface area contributed by atoms with E-state index in [1.54, 1.807) is 67.0 Å². The van der Waals surface area contributed by atoms with Crippen molar-refractivity contribution in [2.75, 3.05) is 16.6 Å². The highest BCUT2D eigenvalue weighted by atomic mass is 16.3. The third-order valence-corrected chi connectivity index (χ3v) is 3.32. The normalized spacial score (nSPS) is 11.1. The van der Waals surface area contributed by atoms with Crippen molar-refractivity contribution in [3.8, 4) is 11.5 Å². The van der Waals surface area contributed by atoms with Gasteiger partial charge in [0, 0.05) is 6.07 Å². The number of nitrogen functional groups attached to an aromatic ring is 1. The van der Waals surface area contributed by atoms with Crippen LogP contribution >= 0.6 is 0 Å². The van der Waals surface area contributed by atoms with E-state index in [1.165, 1.54) is 0 Å². The Morgan fingerprint density at radius 1 is 0.741 bits per heavy atom. The molecule has 0 fully saturated rings. The number of aromatic hydroxyl groups is 2. The zero-order chi connectivity index (χ0) is 19.1. The van der Waals surface area contributed by atoms with E-state index in [2.05, 4.69) is 31.0 Å². The van der Waals surface area contributed by atoms with Crippen LogP contribution < -0.4 is 16.6 Å². The number of nitrogens with zero attached hydrogens (tertiary/aromatic N) is 4. The zero-order valence-corrected chi connectivity index (χ0v) is 14.1. The molecule has 0 bridgehead atoms. The van der Waals surface area contributed by atoms with Crippen LogP contribution in [0.1, 0.15) is 11.1 Å². The molecule has 0 spiro atoms. The molecule has 6 N–H and O–H groups in total. The summed E-state index contributed by atoms with van der Waals surface area (Å²) in [6.07, 6.45) is 3.15. The molecule has 0 saturated carbocycles. The molecule has 0 aliphatic carbocycles. The van der Waals surface area contributed by atoms with Crippen molar-refractivity contribution in [2.45, 2.75) is 0 Å². The SMILES string of the molecule is Nc1nc(NN=Cc2ccc(O)cc2)cc(NN=Cc2ccc(O)cc2)n1. The Morgan fingerprint density at radius 3 is 1.56 bits per heavy atom. The Balaban J connectivity index is 1.63. The molecule has 0 aliphatic heterocycles. The summed E-state index contributed by atoms with van der Waals surface area (Å²) in [7, 11) is 0. The number of hydrazone groups is 2. The van der Waals surface area contributed by atoms with Gasteiger partial charge in [-0.1, -0.05) is 0 Å². The molecule has 0 unspecified atom stereocenters. The van der Waals surface area contributed by atoms with Gasteiger partial charge in [0.2, 0.25) is 5.95 Å². The fraction of sp³-hybridized carbons (Fsp3) is 0. The predicted molar refractivity (Wildman–Crippen MR) is 105 cm³/mol. The van der Waals surface area contributed by atoms with Crippen molar-refractivity contribution >= 4 is 30.0 Å². The molecule has 1 aromatic heterocycles. The first-order valence-electron chi connectivity index (χ1n) is 7.89. The fourth-order valence-electron chi connectivity index (χ4n) is 2.05. The van der Waals surface area contributed by atoms with Crippen molar-refractivity contribution in [2.24, 2.45) is 10.2 Å². The third-order valence-electron chi connectivity index (χ3n) is 3.32. The molecule has 0 aliphatic rings. The maximum absolute atomic E-state index is 9.26. The largest absolute Gasteiger partial charge is 0.508 e. The first-order valence-corrected chi connectivity index (χ1v) is 7.89. The number of phenols is 2. The summed E-state index contributed by atoms with van der Waals surface area (Å²) < 4.78 is 0. The lowest BCUT2D eigenvalue weighted by Crippen LogP contribution is -2.03. The van der Waals surface area contributed by atoms with E-state index in [9.17, 15) is 10.2 Å². The third kappa shape index (κ3) is 5.43. The first kappa shape index (κ1) is 17.7. The number of rotatable bonds is 6. The van der Waals surface area contributed by atoms with E-state index >= 15 is 0 Å². The molecular weight excluding hydrogens is 346 g/mol. The van der Waals surface area contributed by atoms with Gasteiger partial charge in [-0.15, -0.1) is 0 Å². The van der Waals surface area contributed by atoms with Gasteiger partial charge in [0.25, 0.3) is 0 Å². The van der Waals surface area contributed by atoms with Crippen LogP contribution in [-0.4, -0.2) is 32.6 Å². The van der Waals surface area contributed by atoms with Gasteiger partial charge in [0.15, 0.2) is 11.6 Å². The van der Waals surface area contributed by atoms with Crippen molar-refractivity contribution in [1.29, 1.82) is 0 Å². The second-order valence-corrected chi connectivity index (χ2v) is 5.42. The molecule has 1 heterocycles. The number of anilines is 3. The Kier molecular flexibility index (Phi) is 5.43. The predicted octanol–water partition coefficient (Wildman–Crippen LogP) is 2.36. The minimum absolute atomic E-state index is 0.0576. The summed E-state index contributed by atoms with van der Waals surface area (Å²) >= 11 is 0. The van der Waals surface area contributed by atoms with Gasteiger partial charge in [-0.2, -0.15) is 20.2 Å². The van der Waals surface area contributed by atoms with Crippen LogP contribution in [-0.2, 0) is 0 Å². The van der Waals surface area contributed by atoms with Crippen LogP contribution in [0.15, 0.2) is 64.8 Å². The van der Waals surface area contributed by atoms with E-state index in [1.807, 2.05) is 0 Å². The maximum atomic E-state index is 9.26. The standard InChI is InChI=1S/C18H17N7O2/c19-18-22-16(24-20-10-12-1-5-14(26)6-2-12)9-17(23-18)25-21-11-13-3-7-15(27)8-4-13/h1-11,26-27H,(H4,19,22,23,24,25). The van der Waals surface area contributed by atoms with Crippen molar-refractivity contribution < 1.29 is 10.2 Å². The van der Waals surface area contributed by atoms with Crippen LogP contribution in [0.5, 0.6) is 11.5 Å². The summed E-state index contributed by atoms with van der Waals surface area (Å²) in [5.41, 5.74) is 12.8. The van der Waals surface area contributed by atoms with E-state index in [-0.39, 0.29) is 17.4 Å². The molecule has 0 radical (unpaired) electrons. The van der Waals surface area contributed by atoms with Crippen LogP contribution in [0.3, 0.4) is 0 Å². The second kappa shape index (κ2) is 8.30. The number of hydrogen-bond acceptors (Lipinski definition) is 9. The molecular formula is C18H17N7O2. The van der Waals surface area contributed by atoms with Gasteiger partial charge < -0.3 is 15.9 Å². The van der Waals surface area contributed by atoms with Gasteiger partial charge in [0.05, 0.1) is 12.4 Å². The summed E-state index contributed by atoms with van der Waals surface area (Å²) in [6, 6.07) is 14.8. The number of nitrogens with one attached hydrogen (secondary N) is 2. The minimum Gasteiger partial charge on any atom is -0.508 e. The smallest absolute Gasteiger partial charge is 0.224 e. The lowest BCUT2D eigenvalue weighted by molar-refractivity contribution is 0.475. The van der Waals surface area contributed by atoms with E-state index in [0.29, 0.717) is 11.6 Å². The van der Waals surface area contributed by atoms with Gasteiger partial charge in [-0.05, 0) is 59.7 Å². The monoisotopic (exact) mass is 363 g/mol. The highest BCUT2D eigenvalue weighted by Gasteiger charge is 2.01. The molecule has 9 heteroatoms. The number of phenolic OH excluding ortho intramolecular Hbond substituents is 2. The zero-order valence-electron chi connectivity index (χ0n) is 14.1. The molecule has 9 nitrogen and oxygen atoms in total. The summed E-state index contributed by atoms with van der Waals surface area (Å²) in [5.74, 6) is 1.21. The van der Waals surface area contributed by atoms with Crippen LogP contribution in [0.25, 0.3) is 0 Å². The molecule has 3 rings (SSSR count). The van der Waals surface area contributed by atoms with E-state index in [4.69, 9.17) is 5.73 Å². The highest BCUT2D eigenvalue weighted by Crippen LogP contribution is 2.13. The van der Waals surface area contributed by atoms with Gasteiger partial charge in [-0.25, -0.2) is 0 Å². The number of aromatic nitrogens is 2. The molecule has 0 saturated heterocycles. The van der Waals surface area contributed by atoms with Gasteiger partial charge in [0.1, 0.15) is 11.5 Å². The average Bonchev–Trinajstić information content (AvgIpc) is 2.65. The minimum atomic E-state index is 0.0576. The lowest BCUT2D eigenvalue weighted by atomic mass is 10.2. The highest BCUT2D eigenvalue weighted by molar-refractivity contribution is 5.81. The topological polar surface area (TPSA) is 141 Å². The van der Waals surface area contributed by atoms with Crippen LogP contribution in [0, 0.1) is 0 Å². The van der Waals surface area contributed by atoms with Crippen molar-refractivity contribution in [3.05, 3.63) is 65.7 Å². The summed E-state index contributed by atoms with van der Waals surface area (Å²) in [4.78, 5) is 8.07. The van der Waals surface area contributed by atoms with Crippen LogP contribution in [0.2, 0.25) is 0 Å². The lowest BCUT2D eigenvalue weighted by Gasteiger charge is -2.04. The van der Waals surface area contributed by atoms with Gasteiger partial charge in [-0.3, -0.25) is 10.9 Å². The Labute approximate surface area is 154 Å². The van der Waals surface area contributed by atoms with E-state index < -0.39 is 0 Å². The fourth-order valence-corrected chi connectivity index (χ4v) is 2.05. The quantitative estimate of drug-likeness (QED) is 0.334. The maximum Gasteiger partial charge on any atom is 0.224 e. The van der Waals surface area contributed by atoms with Crippen molar-refractivity contribution in [1.82, 2.24) is 9.97 Å². The molecule has 0 amide bonds. The van der Waals surface area contributed by atoms with Crippen LogP contribution in [0.4, 0.5) is 17.6 Å². The number of benzene rings is 2. The second-order valence-electron chi connectivity index (χ2n) is 5.42. The molecule has 0 atom stereocenters. The number of hydrogen-bond donors (Lipinski definition) is 5. The average molecular weight is 363 g/mol. The number of nitrogens with two attached hydrogens (primary N) is 1. The first-order chi connectivity index (χ1) is 13.1. The molecule has 3 aromatic rings.